The lowest BCUT2D eigenvalue weighted by Gasteiger charge is -2.32. The van der Waals surface area contributed by atoms with Crippen LogP contribution in [0.2, 0.25) is 0 Å². The summed E-state index contributed by atoms with van der Waals surface area (Å²) in [7, 11) is 0. The number of ether oxygens (including phenoxy) is 1. The molecular weight excluding hydrogens is 368 g/mol. The molecule has 1 heterocycles. The summed E-state index contributed by atoms with van der Waals surface area (Å²) in [5.74, 6) is -1.27. The zero-order valence-electron chi connectivity index (χ0n) is 15.5. The third-order valence-corrected chi connectivity index (χ3v) is 5.41. The maximum atomic E-state index is 13.7. The summed E-state index contributed by atoms with van der Waals surface area (Å²) in [6.45, 7) is 5.37. The highest BCUT2D eigenvalue weighted by Crippen LogP contribution is 2.25. The van der Waals surface area contributed by atoms with E-state index in [1.54, 1.807) is 16.7 Å². The molecule has 3 rings (SSSR count). The van der Waals surface area contributed by atoms with Crippen LogP contribution in [-0.4, -0.2) is 35.3 Å². The summed E-state index contributed by atoms with van der Waals surface area (Å²) in [4.78, 5) is 15.6. The van der Waals surface area contributed by atoms with Gasteiger partial charge >= 0.3 is 0 Å². The molecule has 3 nitrogen and oxygen atoms in total. The van der Waals surface area contributed by atoms with E-state index in [9.17, 15) is 13.6 Å². The number of piperidine rings is 1. The van der Waals surface area contributed by atoms with Crippen molar-refractivity contribution in [2.45, 2.75) is 42.9 Å². The van der Waals surface area contributed by atoms with Gasteiger partial charge in [0.2, 0.25) is 0 Å². The van der Waals surface area contributed by atoms with Crippen LogP contribution >= 0.6 is 11.8 Å². The molecule has 6 heteroatoms. The average molecular weight is 391 g/mol. The Morgan fingerprint density at radius 2 is 1.78 bits per heavy atom. The van der Waals surface area contributed by atoms with Crippen LogP contribution in [0.1, 0.15) is 37.0 Å². The van der Waals surface area contributed by atoms with Gasteiger partial charge in [0.15, 0.2) is 11.6 Å². The van der Waals surface area contributed by atoms with Crippen molar-refractivity contribution in [3.63, 3.8) is 0 Å². The van der Waals surface area contributed by atoms with E-state index in [0.29, 0.717) is 36.7 Å². The first-order valence-corrected chi connectivity index (χ1v) is 9.98. The summed E-state index contributed by atoms with van der Waals surface area (Å²) >= 11 is 1.76. The Morgan fingerprint density at radius 3 is 2.37 bits per heavy atom. The Kier molecular flexibility index (Phi) is 6.37. The van der Waals surface area contributed by atoms with Gasteiger partial charge in [-0.25, -0.2) is 8.78 Å². The number of thioether (sulfide) groups is 1. The molecule has 0 unspecified atom stereocenters. The monoisotopic (exact) mass is 391 g/mol. The summed E-state index contributed by atoms with van der Waals surface area (Å²) in [5, 5.41) is 0.497. The molecule has 144 valence electrons. The third-order valence-electron chi connectivity index (χ3n) is 4.39. The van der Waals surface area contributed by atoms with Crippen molar-refractivity contribution < 1.29 is 18.3 Å². The number of hydrogen-bond donors (Lipinski definition) is 0. The Hall–Kier alpha value is -2.08. The van der Waals surface area contributed by atoms with Crippen LogP contribution < -0.4 is 4.74 Å². The van der Waals surface area contributed by atoms with E-state index < -0.39 is 11.6 Å². The van der Waals surface area contributed by atoms with E-state index in [0.717, 1.165) is 11.0 Å². The zero-order chi connectivity index (χ0) is 19.4. The number of nitrogens with zero attached hydrogens (tertiary/aromatic N) is 1. The molecule has 0 aromatic heterocycles. The summed E-state index contributed by atoms with van der Waals surface area (Å²) in [6.07, 6.45) is 1.05. The second-order valence-corrected chi connectivity index (χ2v) is 8.53. The normalized spacial score (nSPS) is 15.2. The van der Waals surface area contributed by atoms with Crippen molar-refractivity contribution in [1.29, 1.82) is 0 Å². The predicted molar refractivity (Wildman–Crippen MR) is 103 cm³/mol. The van der Waals surface area contributed by atoms with E-state index >= 15 is 0 Å². The molecule has 1 saturated heterocycles. The highest BCUT2D eigenvalue weighted by Gasteiger charge is 2.25. The average Bonchev–Trinajstić information content (AvgIpc) is 2.64. The lowest BCUT2D eigenvalue weighted by molar-refractivity contribution is 0.0588. The van der Waals surface area contributed by atoms with Gasteiger partial charge in [-0.1, -0.05) is 13.8 Å². The molecule has 0 radical (unpaired) electrons. The number of carbonyl (C=O) groups excluding carboxylic acids is 1. The van der Waals surface area contributed by atoms with Gasteiger partial charge in [-0.15, -0.1) is 11.8 Å². The summed E-state index contributed by atoms with van der Waals surface area (Å²) in [6, 6.07) is 11.0. The fourth-order valence-electron chi connectivity index (χ4n) is 3.06. The minimum Gasteiger partial charge on any atom is -0.487 e. The third kappa shape index (κ3) is 5.22. The van der Waals surface area contributed by atoms with E-state index in [1.165, 1.54) is 12.1 Å². The van der Waals surface area contributed by atoms with Crippen molar-refractivity contribution >= 4 is 17.7 Å². The summed E-state index contributed by atoms with van der Waals surface area (Å²) in [5.41, 5.74) is 0.673. The molecule has 0 saturated carbocycles. The van der Waals surface area contributed by atoms with Gasteiger partial charge in [0.25, 0.3) is 5.91 Å². The quantitative estimate of drug-likeness (QED) is 0.660. The minimum atomic E-state index is -0.701. The molecule has 0 atom stereocenters. The van der Waals surface area contributed by atoms with Gasteiger partial charge in [-0.2, -0.15) is 0 Å². The lowest BCUT2D eigenvalue weighted by Crippen LogP contribution is -2.41. The maximum absolute atomic E-state index is 13.7. The van der Waals surface area contributed by atoms with Gasteiger partial charge in [0.05, 0.1) is 0 Å². The number of carbonyl (C=O) groups is 1. The van der Waals surface area contributed by atoms with E-state index in [2.05, 4.69) is 13.8 Å². The first-order chi connectivity index (χ1) is 12.9. The standard InChI is InChI=1S/C21H23F2NO2S/c1-14(2)27-18-6-3-15(4-7-18)21(25)24-11-9-17(10-12-24)26-20-8-5-16(22)13-19(20)23/h3-8,13-14,17H,9-12H2,1-2H3. The molecule has 0 bridgehead atoms. The molecule has 1 aliphatic heterocycles. The Labute approximate surface area is 162 Å². The fourth-order valence-corrected chi connectivity index (χ4v) is 3.90. The van der Waals surface area contributed by atoms with Crippen molar-refractivity contribution in [2.24, 2.45) is 0 Å². The summed E-state index contributed by atoms with van der Waals surface area (Å²) < 4.78 is 32.3. The Morgan fingerprint density at radius 1 is 1.11 bits per heavy atom. The van der Waals surface area contributed by atoms with E-state index in [-0.39, 0.29) is 17.8 Å². The van der Waals surface area contributed by atoms with Gasteiger partial charge in [0.1, 0.15) is 11.9 Å². The molecule has 0 N–H and O–H groups in total. The highest BCUT2D eigenvalue weighted by molar-refractivity contribution is 7.99. The number of likely N-dealkylation sites (tertiary alicyclic amines) is 1. The molecule has 2 aromatic carbocycles. The van der Waals surface area contributed by atoms with Crippen LogP contribution in [0, 0.1) is 11.6 Å². The van der Waals surface area contributed by atoms with Crippen LogP contribution in [-0.2, 0) is 0 Å². The minimum absolute atomic E-state index is 0.00232. The lowest BCUT2D eigenvalue weighted by atomic mass is 10.1. The smallest absolute Gasteiger partial charge is 0.253 e. The van der Waals surface area contributed by atoms with Crippen LogP contribution in [0.3, 0.4) is 0 Å². The van der Waals surface area contributed by atoms with Crippen molar-refractivity contribution in [2.75, 3.05) is 13.1 Å². The SMILES string of the molecule is CC(C)Sc1ccc(C(=O)N2CCC(Oc3ccc(F)cc3F)CC2)cc1. The number of benzene rings is 2. The Bertz CT molecular complexity index is 787. The molecule has 27 heavy (non-hydrogen) atoms. The molecule has 1 aliphatic rings. The van der Waals surface area contributed by atoms with Gasteiger partial charge < -0.3 is 9.64 Å². The number of hydrogen-bond acceptors (Lipinski definition) is 3. The van der Waals surface area contributed by atoms with Crippen molar-refractivity contribution in [3.05, 3.63) is 59.7 Å². The largest absolute Gasteiger partial charge is 0.487 e. The van der Waals surface area contributed by atoms with E-state index in [4.69, 9.17) is 4.74 Å². The number of halogens is 2. The van der Waals surface area contributed by atoms with Crippen molar-refractivity contribution in [3.8, 4) is 5.75 Å². The van der Waals surface area contributed by atoms with Crippen LogP contribution in [0.25, 0.3) is 0 Å². The van der Waals surface area contributed by atoms with Gasteiger partial charge in [-0.3, -0.25) is 4.79 Å². The molecule has 1 amide bonds. The second-order valence-electron chi connectivity index (χ2n) is 6.88. The molecule has 1 fully saturated rings. The topological polar surface area (TPSA) is 29.5 Å². The first kappa shape index (κ1) is 19.7. The molecule has 0 aliphatic carbocycles. The van der Waals surface area contributed by atoms with Crippen LogP contribution in [0.4, 0.5) is 8.78 Å². The second kappa shape index (κ2) is 8.74. The molecular formula is C21H23F2NO2S. The van der Waals surface area contributed by atoms with Crippen LogP contribution in [0.5, 0.6) is 5.75 Å². The number of rotatable bonds is 5. The maximum Gasteiger partial charge on any atom is 0.253 e. The van der Waals surface area contributed by atoms with Crippen molar-refractivity contribution in [1.82, 2.24) is 4.90 Å². The molecule has 2 aromatic rings. The fraction of sp³-hybridized carbons (Fsp3) is 0.381. The van der Waals surface area contributed by atoms with E-state index in [1.807, 2.05) is 24.3 Å². The van der Waals surface area contributed by atoms with Gasteiger partial charge in [0, 0.05) is 47.7 Å². The van der Waals surface area contributed by atoms with Crippen LogP contribution in [0.15, 0.2) is 47.4 Å². The van der Waals surface area contributed by atoms with Gasteiger partial charge in [-0.05, 0) is 36.4 Å². The Balaban J connectivity index is 1.54. The first-order valence-electron chi connectivity index (χ1n) is 9.10. The predicted octanol–water partition coefficient (Wildman–Crippen LogP) is 5.15. The zero-order valence-corrected chi connectivity index (χ0v) is 16.3. The number of amides is 1. The highest BCUT2D eigenvalue weighted by atomic mass is 32.2. The molecule has 0 spiro atoms.